The van der Waals surface area contributed by atoms with Crippen LogP contribution in [0.25, 0.3) is 0 Å². The molecule has 8 heteroatoms. The van der Waals surface area contributed by atoms with Gasteiger partial charge in [-0.15, -0.1) is 0 Å². The van der Waals surface area contributed by atoms with Gasteiger partial charge in [0.05, 0.1) is 45.9 Å². The molecule has 1 unspecified atom stereocenters. The molecule has 1 aliphatic heterocycles. The van der Waals surface area contributed by atoms with E-state index in [1.807, 2.05) is 4.90 Å². The molecule has 0 aromatic heterocycles. The van der Waals surface area contributed by atoms with E-state index in [4.69, 9.17) is 19.3 Å². The second-order valence-electron chi connectivity index (χ2n) is 6.20. The summed E-state index contributed by atoms with van der Waals surface area (Å²) in [5.41, 5.74) is 0.714. The molecule has 2 N–H and O–H groups in total. The Morgan fingerprint density at radius 2 is 1.85 bits per heavy atom. The summed E-state index contributed by atoms with van der Waals surface area (Å²) in [6.07, 6.45) is 1.44. The van der Waals surface area contributed by atoms with Crippen LogP contribution in [0.2, 0.25) is 0 Å². The highest BCUT2D eigenvalue weighted by atomic mass is 16.5. The molecule has 26 heavy (non-hydrogen) atoms. The highest BCUT2D eigenvalue weighted by molar-refractivity contribution is 5.78. The summed E-state index contributed by atoms with van der Waals surface area (Å²) >= 11 is 0. The molecule has 0 saturated carbocycles. The number of benzene rings is 1. The van der Waals surface area contributed by atoms with E-state index in [1.54, 1.807) is 33.5 Å². The lowest BCUT2D eigenvalue weighted by molar-refractivity contribution is -0.144. The Kier molecular flexibility index (Phi) is 7.08. The molecule has 144 valence electrons. The molecule has 0 bridgehead atoms. The number of nitrogens with zero attached hydrogens (tertiary/aromatic N) is 1. The van der Waals surface area contributed by atoms with Crippen molar-refractivity contribution >= 4 is 11.9 Å². The van der Waals surface area contributed by atoms with Gasteiger partial charge in [0.25, 0.3) is 0 Å². The van der Waals surface area contributed by atoms with E-state index >= 15 is 0 Å². The first-order valence-electron chi connectivity index (χ1n) is 8.49. The minimum atomic E-state index is -0.803. The summed E-state index contributed by atoms with van der Waals surface area (Å²) in [7, 11) is 4.64. The van der Waals surface area contributed by atoms with E-state index in [2.05, 4.69) is 5.32 Å². The molecule has 8 nitrogen and oxygen atoms in total. The third-order valence-corrected chi connectivity index (χ3v) is 4.50. The number of amides is 1. The predicted molar refractivity (Wildman–Crippen MR) is 94.7 cm³/mol. The monoisotopic (exact) mass is 366 g/mol. The van der Waals surface area contributed by atoms with Gasteiger partial charge in [-0.05, 0) is 19.4 Å². The Hall–Kier alpha value is -2.48. The van der Waals surface area contributed by atoms with Crippen LogP contribution >= 0.6 is 0 Å². The van der Waals surface area contributed by atoms with Gasteiger partial charge >= 0.3 is 5.97 Å². The normalized spacial score (nSPS) is 17.4. The summed E-state index contributed by atoms with van der Waals surface area (Å²) < 4.78 is 15.9. The first-order valence-corrected chi connectivity index (χ1v) is 8.49. The van der Waals surface area contributed by atoms with Crippen molar-refractivity contribution in [3.05, 3.63) is 17.7 Å². The van der Waals surface area contributed by atoms with E-state index in [9.17, 15) is 9.59 Å². The van der Waals surface area contributed by atoms with Crippen molar-refractivity contribution in [1.29, 1.82) is 0 Å². The molecule has 0 aliphatic carbocycles. The van der Waals surface area contributed by atoms with Crippen molar-refractivity contribution in [2.75, 3.05) is 41.0 Å². The second kappa shape index (κ2) is 9.28. The lowest BCUT2D eigenvalue weighted by atomic mass is 9.98. The average Bonchev–Trinajstić information content (AvgIpc) is 2.65. The van der Waals surface area contributed by atoms with Crippen LogP contribution in [0.3, 0.4) is 0 Å². The van der Waals surface area contributed by atoms with Gasteiger partial charge in [0.15, 0.2) is 0 Å². The first-order chi connectivity index (χ1) is 12.5. The van der Waals surface area contributed by atoms with Crippen LogP contribution in [0, 0.1) is 5.92 Å². The number of carbonyl (C=O) groups is 2. The lowest BCUT2D eigenvalue weighted by Crippen LogP contribution is -2.44. The standard InChI is InChI=1S/C18H26N2O6/c1-24-13-7-15(25-2)14(16(8-13)26-3)9-19-17(21)11-20-6-4-5-12(10-20)18(22)23/h7-8,12H,4-6,9-11H2,1-3H3,(H,19,21)(H,22,23). The van der Waals surface area contributed by atoms with Crippen molar-refractivity contribution in [2.24, 2.45) is 5.92 Å². The molecular weight excluding hydrogens is 340 g/mol. The van der Waals surface area contributed by atoms with E-state index in [-0.39, 0.29) is 19.0 Å². The number of aliphatic carboxylic acids is 1. The number of piperidine rings is 1. The number of carbonyl (C=O) groups excluding carboxylic acids is 1. The fourth-order valence-corrected chi connectivity index (χ4v) is 3.10. The van der Waals surface area contributed by atoms with Crippen LogP contribution in [-0.2, 0) is 16.1 Å². The van der Waals surface area contributed by atoms with Gasteiger partial charge in [-0.2, -0.15) is 0 Å². The molecule has 0 radical (unpaired) electrons. The van der Waals surface area contributed by atoms with Gasteiger partial charge in [-0.1, -0.05) is 0 Å². The Balaban J connectivity index is 1.97. The van der Waals surface area contributed by atoms with Gasteiger partial charge in [0.2, 0.25) is 5.91 Å². The third kappa shape index (κ3) is 5.01. The maximum absolute atomic E-state index is 12.3. The first kappa shape index (κ1) is 19.8. The van der Waals surface area contributed by atoms with E-state index in [0.29, 0.717) is 35.8 Å². The minimum Gasteiger partial charge on any atom is -0.496 e. The maximum Gasteiger partial charge on any atom is 0.307 e. The van der Waals surface area contributed by atoms with Crippen molar-refractivity contribution in [3.63, 3.8) is 0 Å². The van der Waals surface area contributed by atoms with Crippen molar-refractivity contribution < 1.29 is 28.9 Å². The number of hydrogen-bond donors (Lipinski definition) is 2. The highest BCUT2D eigenvalue weighted by Gasteiger charge is 2.26. The van der Waals surface area contributed by atoms with Crippen LogP contribution in [-0.4, -0.2) is 62.8 Å². The molecule has 1 heterocycles. The molecule has 1 aromatic carbocycles. The van der Waals surface area contributed by atoms with Gasteiger partial charge in [-0.25, -0.2) is 0 Å². The molecule has 1 amide bonds. The summed E-state index contributed by atoms with van der Waals surface area (Å²) in [6, 6.07) is 3.46. The minimum absolute atomic E-state index is 0.170. The van der Waals surface area contributed by atoms with Crippen LogP contribution in [0.4, 0.5) is 0 Å². The molecule has 1 aromatic rings. The topological polar surface area (TPSA) is 97.3 Å². The largest absolute Gasteiger partial charge is 0.496 e. The van der Waals surface area contributed by atoms with Crippen molar-refractivity contribution in [1.82, 2.24) is 10.2 Å². The third-order valence-electron chi connectivity index (χ3n) is 4.50. The lowest BCUT2D eigenvalue weighted by Gasteiger charge is -2.30. The van der Waals surface area contributed by atoms with Crippen LogP contribution < -0.4 is 19.5 Å². The zero-order valence-corrected chi connectivity index (χ0v) is 15.4. The maximum atomic E-state index is 12.3. The van der Waals surface area contributed by atoms with Crippen LogP contribution in [0.1, 0.15) is 18.4 Å². The van der Waals surface area contributed by atoms with E-state index in [1.165, 1.54) is 0 Å². The summed E-state index contributed by atoms with van der Waals surface area (Å²) in [5, 5.41) is 12.0. The Bertz CT molecular complexity index is 624. The van der Waals surface area contributed by atoms with Gasteiger partial charge in [0.1, 0.15) is 17.2 Å². The van der Waals surface area contributed by atoms with Crippen molar-refractivity contribution in [3.8, 4) is 17.2 Å². The highest BCUT2D eigenvalue weighted by Crippen LogP contribution is 2.33. The quantitative estimate of drug-likeness (QED) is 0.712. The van der Waals surface area contributed by atoms with E-state index < -0.39 is 11.9 Å². The molecule has 1 atom stereocenters. The Labute approximate surface area is 153 Å². The number of hydrogen-bond acceptors (Lipinski definition) is 6. The predicted octanol–water partition coefficient (Wildman–Crippen LogP) is 1.13. The fourth-order valence-electron chi connectivity index (χ4n) is 3.10. The molecule has 2 rings (SSSR count). The van der Waals surface area contributed by atoms with Crippen molar-refractivity contribution in [2.45, 2.75) is 19.4 Å². The summed E-state index contributed by atoms with van der Waals surface area (Å²) in [4.78, 5) is 25.3. The average molecular weight is 366 g/mol. The molecule has 1 saturated heterocycles. The molecular formula is C18H26N2O6. The van der Waals surface area contributed by atoms with Gasteiger partial charge in [0, 0.05) is 18.7 Å². The zero-order chi connectivity index (χ0) is 19.1. The van der Waals surface area contributed by atoms with E-state index in [0.717, 1.165) is 13.0 Å². The molecule has 1 aliphatic rings. The fraction of sp³-hybridized carbons (Fsp3) is 0.556. The second-order valence-corrected chi connectivity index (χ2v) is 6.20. The summed E-state index contributed by atoms with van der Waals surface area (Å²) in [6.45, 7) is 1.54. The number of carboxylic acids is 1. The summed E-state index contributed by atoms with van der Waals surface area (Å²) in [5.74, 6) is 0.342. The number of nitrogens with one attached hydrogen (secondary N) is 1. The SMILES string of the molecule is COc1cc(OC)c(CNC(=O)CN2CCCC(C(=O)O)C2)c(OC)c1. The molecule has 0 spiro atoms. The number of rotatable bonds is 8. The number of carboxylic acid groups (broad SMARTS) is 1. The van der Waals surface area contributed by atoms with Gasteiger partial charge in [-0.3, -0.25) is 14.5 Å². The number of ether oxygens (including phenoxy) is 3. The smallest absolute Gasteiger partial charge is 0.307 e. The van der Waals surface area contributed by atoms with Gasteiger partial charge < -0.3 is 24.6 Å². The zero-order valence-electron chi connectivity index (χ0n) is 15.4. The number of likely N-dealkylation sites (tertiary alicyclic amines) is 1. The van der Waals surface area contributed by atoms with Crippen LogP contribution in [0.5, 0.6) is 17.2 Å². The Morgan fingerprint density at radius 1 is 1.19 bits per heavy atom. The molecule has 1 fully saturated rings. The van der Waals surface area contributed by atoms with Crippen LogP contribution in [0.15, 0.2) is 12.1 Å². The Morgan fingerprint density at radius 3 is 2.38 bits per heavy atom. The number of methoxy groups -OCH3 is 3.